The first-order chi connectivity index (χ1) is 13.0. The fraction of sp³-hybridized carbons (Fsp3) is 0.263. The predicted molar refractivity (Wildman–Crippen MR) is 111 cm³/mol. The number of nitrogens with zero attached hydrogens (tertiary/aromatic N) is 1. The summed E-state index contributed by atoms with van der Waals surface area (Å²) in [7, 11) is 6.38. The Hall–Kier alpha value is -3.00. The second kappa shape index (κ2) is 9.63. The van der Waals surface area contributed by atoms with Gasteiger partial charge < -0.3 is 24.3 Å². The van der Waals surface area contributed by atoms with Crippen molar-refractivity contribution in [2.75, 3.05) is 33.8 Å². The first-order valence-corrected chi connectivity index (χ1v) is 8.49. The molecule has 0 atom stereocenters. The number of ether oxygens (including phenoxy) is 4. The van der Waals surface area contributed by atoms with Gasteiger partial charge in [0.15, 0.2) is 16.6 Å². The highest BCUT2D eigenvalue weighted by molar-refractivity contribution is 7.80. The minimum atomic E-state index is 0.337. The molecule has 2 aromatic carbocycles. The molecule has 7 nitrogen and oxygen atoms in total. The zero-order chi connectivity index (χ0) is 19.8. The summed E-state index contributed by atoms with van der Waals surface area (Å²) < 4.78 is 21.1. The van der Waals surface area contributed by atoms with E-state index in [0.717, 1.165) is 11.3 Å². The third kappa shape index (κ3) is 5.24. The standard InChI is InChI=1S/C19H23N3O4S/c1-12(15-11-14(23-2)7-9-16(15)24-3)21-22-19(27)20-13-6-8-17(25-4)18(10-13)26-5/h6-11H,1-5H3,(H2,20,22,27)/b21-12-. The molecule has 0 aliphatic rings. The smallest absolute Gasteiger partial charge is 0.191 e. The molecule has 0 fully saturated rings. The number of methoxy groups -OCH3 is 4. The van der Waals surface area contributed by atoms with Crippen LogP contribution < -0.4 is 29.7 Å². The normalized spacial score (nSPS) is 10.8. The molecule has 0 aliphatic heterocycles. The summed E-state index contributed by atoms with van der Waals surface area (Å²) in [6.45, 7) is 1.85. The van der Waals surface area contributed by atoms with Gasteiger partial charge in [-0.05, 0) is 49.5 Å². The molecule has 144 valence electrons. The molecule has 2 N–H and O–H groups in total. The van der Waals surface area contributed by atoms with Gasteiger partial charge in [0.05, 0.1) is 34.2 Å². The van der Waals surface area contributed by atoms with Crippen LogP contribution in [0.5, 0.6) is 23.0 Å². The van der Waals surface area contributed by atoms with Crippen molar-refractivity contribution in [1.29, 1.82) is 0 Å². The van der Waals surface area contributed by atoms with Gasteiger partial charge in [-0.25, -0.2) is 0 Å². The summed E-state index contributed by atoms with van der Waals surface area (Å²) >= 11 is 5.30. The molecule has 27 heavy (non-hydrogen) atoms. The Morgan fingerprint density at radius 1 is 0.852 bits per heavy atom. The summed E-state index contributed by atoms with van der Waals surface area (Å²) in [6.07, 6.45) is 0. The fourth-order valence-electron chi connectivity index (χ4n) is 2.36. The lowest BCUT2D eigenvalue weighted by Gasteiger charge is -2.13. The Morgan fingerprint density at radius 3 is 2.15 bits per heavy atom. The van der Waals surface area contributed by atoms with E-state index in [1.807, 2.05) is 31.2 Å². The van der Waals surface area contributed by atoms with Crippen LogP contribution in [0.25, 0.3) is 0 Å². The van der Waals surface area contributed by atoms with Crippen molar-refractivity contribution in [2.24, 2.45) is 5.10 Å². The van der Waals surface area contributed by atoms with Crippen molar-refractivity contribution in [3.63, 3.8) is 0 Å². The molecular formula is C19H23N3O4S. The zero-order valence-corrected chi connectivity index (χ0v) is 16.8. The Kier molecular flexibility index (Phi) is 7.25. The van der Waals surface area contributed by atoms with Crippen molar-refractivity contribution in [2.45, 2.75) is 6.92 Å². The highest BCUT2D eigenvalue weighted by atomic mass is 32.1. The van der Waals surface area contributed by atoms with E-state index in [1.54, 1.807) is 40.6 Å². The molecule has 2 aromatic rings. The van der Waals surface area contributed by atoms with Crippen LogP contribution in [0.3, 0.4) is 0 Å². The SMILES string of the molecule is COc1ccc(OC)c(/C(C)=N\NC(=S)Nc2ccc(OC)c(OC)c2)c1. The number of benzene rings is 2. The quantitative estimate of drug-likeness (QED) is 0.427. The van der Waals surface area contributed by atoms with E-state index < -0.39 is 0 Å². The van der Waals surface area contributed by atoms with E-state index in [2.05, 4.69) is 15.8 Å². The highest BCUT2D eigenvalue weighted by Crippen LogP contribution is 2.29. The highest BCUT2D eigenvalue weighted by Gasteiger charge is 2.09. The van der Waals surface area contributed by atoms with E-state index >= 15 is 0 Å². The number of hydrogen-bond donors (Lipinski definition) is 2. The lowest BCUT2D eigenvalue weighted by atomic mass is 10.1. The Balaban J connectivity index is 2.10. The van der Waals surface area contributed by atoms with Gasteiger partial charge in [-0.15, -0.1) is 0 Å². The average molecular weight is 389 g/mol. The van der Waals surface area contributed by atoms with Gasteiger partial charge in [0.2, 0.25) is 0 Å². The summed E-state index contributed by atoms with van der Waals surface area (Å²) in [5.74, 6) is 2.65. The third-order valence-electron chi connectivity index (χ3n) is 3.76. The van der Waals surface area contributed by atoms with Crippen molar-refractivity contribution in [3.8, 4) is 23.0 Å². The van der Waals surface area contributed by atoms with Crippen LogP contribution in [0, 0.1) is 0 Å². The first kappa shape index (κ1) is 20.3. The van der Waals surface area contributed by atoms with E-state index in [-0.39, 0.29) is 0 Å². The Labute approximate surface area is 164 Å². The summed E-state index contributed by atoms with van der Waals surface area (Å²) in [5, 5.41) is 7.71. The van der Waals surface area contributed by atoms with E-state index in [4.69, 9.17) is 31.2 Å². The van der Waals surface area contributed by atoms with Gasteiger partial charge in [-0.3, -0.25) is 5.43 Å². The van der Waals surface area contributed by atoms with Crippen LogP contribution >= 0.6 is 12.2 Å². The zero-order valence-electron chi connectivity index (χ0n) is 16.0. The lowest BCUT2D eigenvalue weighted by Crippen LogP contribution is -2.25. The number of anilines is 1. The topological polar surface area (TPSA) is 73.3 Å². The lowest BCUT2D eigenvalue weighted by molar-refractivity contribution is 0.355. The number of thiocarbonyl (C=S) groups is 1. The molecule has 0 saturated heterocycles. The molecule has 0 radical (unpaired) electrons. The third-order valence-corrected chi connectivity index (χ3v) is 3.96. The maximum absolute atomic E-state index is 5.38. The summed E-state index contributed by atoms with van der Waals surface area (Å²) in [5.41, 5.74) is 5.07. The average Bonchev–Trinajstić information content (AvgIpc) is 2.71. The molecule has 0 aromatic heterocycles. The largest absolute Gasteiger partial charge is 0.497 e. The van der Waals surface area contributed by atoms with Crippen LogP contribution in [0.4, 0.5) is 5.69 Å². The van der Waals surface area contributed by atoms with E-state index in [0.29, 0.717) is 33.8 Å². The van der Waals surface area contributed by atoms with Crippen LogP contribution in [-0.4, -0.2) is 39.3 Å². The molecule has 0 heterocycles. The molecule has 0 unspecified atom stereocenters. The molecule has 0 amide bonds. The second-order valence-electron chi connectivity index (χ2n) is 5.40. The summed E-state index contributed by atoms with van der Waals surface area (Å²) in [4.78, 5) is 0. The predicted octanol–water partition coefficient (Wildman–Crippen LogP) is 3.43. The number of nitrogens with one attached hydrogen (secondary N) is 2. The van der Waals surface area contributed by atoms with E-state index in [1.165, 1.54) is 0 Å². The molecule has 0 bridgehead atoms. The number of rotatable bonds is 7. The van der Waals surface area contributed by atoms with Crippen molar-refractivity contribution < 1.29 is 18.9 Å². The van der Waals surface area contributed by atoms with Crippen LogP contribution in [0.2, 0.25) is 0 Å². The first-order valence-electron chi connectivity index (χ1n) is 8.08. The summed E-state index contributed by atoms with van der Waals surface area (Å²) in [6, 6.07) is 10.9. The van der Waals surface area contributed by atoms with Crippen molar-refractivity contribution in [1.82, 2.24) is 5.43 Å². The van der Waals surface area contributed by atoms with Gasteiger partial charge in [-0.2, -0.15) is 5.10 Å². The monoisotopic (exact) mass is 389 g/mol. The molecule has 0 saturated carbocycles. The maximum atomic E-state index is 5.38. The second-order valence-corrected chi connectivity index (χ2v) is 5.81. The van der Waals surface area contributed by atoms with Crippen LogP contribution in [0.1, 0.15) is 12.5 Å². The minimum Gasteiger partial charge on any atom is -0.497 e. The Bertz CT molecular complexity index is 840. The molecule has 8 heteroatoms. The maximum Gasteiger partial charge on any atom is 0.191 e. The van der Waals surface area contributed by atoms with Crippen LogP contribution in [-0.2, 0) is 0 Å². The minimum absolute atomic E-state index is 0.337. The van der Waals surface area contributed by atoms with Gasteiger partial charge in [0.1, 0.15) is 11.5 Å². The molecule has 0 spiro atoms. The van der Waals surface area contributed by atoms with Gasteiger partial charge >= 0.3 is 0 Å². The van der Waals surface area contributed by atoms with Gasteiger partial charge in [0, 0.05) is 17.3 Å². The molecule has 0 aliphatic carbocycles. The van der Waals surface area contributed by atoms with Crippen molar-refractivity contribution >= 4 is 28.7 Å². The number of hydrogen-bond acceptors (Lipinski definition) is 6. The fourth-order valence-corrected chi connectivity index (χ4v) is 2.53. The Morgan fingerprint density at radius 2 is 1.52 bits per heavy atom. The number of hydrazone groups is 1. The van der Waals surface area contributed by atoms with Crippen molar-refractivity contribution in [3.05, 3.63) is 42.0 Å². The molecule has 2 rings (SSSR count). The van der Waals surface area contributed by atoms with Crippen LogP contribution in [0.15, 0.2) is 41.5 Å². The van der Waals surface area contributed by atoms with Gasteiger partial charge in [-0.1, -0.05) is 0 Å². The van der Waals surface area contributed by atoms with Gasteiger partial charge in [0.25, 0.3) is 0 Å². The molecular weight excluding hydrogens is 366 g/mol. The van der Waals surface area contributed by atoms with E-state index in [9.17, 15) is 0 Å².